The van der Waals surface area contributed by atoms with Crippen LogP contribution in [-0.4, -0.2) is 38.8 Å². The molecular weight excluding hydrogens is 344 g/mol. The summed E-state index contributed by atoms with van der Waals surface area (Å²) in [4.78, 5) is 21.5. The minimum absolute atomic E-state index is 0.257. The van der Waals surface area contributed by atoms with Crippen LogP contribution in [0.5, 0.6) is 0 Å². The molecule has 1 amide bonds. The van der Waals surface area contributed by atoms with Crippen molar-refractivity contribution >= 4 is 22.8 Å². The van der Waals surface area contributed by atoms with Gasteiger partial charge in [0.15, 0.2) is 5.65 Å². The smallest absolute Gasteiger partial charge is 0.257 e. The van der Waals surface area contributed by atoms with Gasteiger partial charge in [0.25, 0.3) is 5.91 Å². The first-order valence-electron chi connectivity index (χ1n) is 9.11. The third-order valence-corrected chi connectivity index (χ3v) is 4.89. The molecule has 140 valence electrons. The molecule has 1 saturated heterocycles. The van der Waals surface area contributed by atoms with Crippen LogP contribution in [0.1, 0.15) is 47.8 Å². The summed E-state index contributed by atoms with van der Waals surface area (Å²) in [7, 11) is 0. The number of aliphatic hydroxyl groups is 1. The van der Waals surface area contributed by atoms with E-state index in [0.29, 0.717) is 22.8 Å². The molecule has 4 rings (SSSR count). The quantitative estimate of drug-likeness (QED) is 0.741. The fraction of sp³-hybridized carbons (Fsp3) is 0.350. The first kappa shape index (κ1) is 17.6. The lowest BCUT2D eigenvalue weighted by Crippen LogP contribution is -2.19. The fourth-order valence-electron chi connectivity index (χ4n) is 3.35. The van der Waals surface area contributed by atoms with Crippen LogP contribution in [0.25, 0.3) is 11.2 Å². The first-order chi connectivity index (χ1) is 13.1. The predicted octanol–water partition coefficient (Wildman–Crippen LogP) is 3.09. The summed E-state index contributed by atoms with van der Waals surface area (Å²) in [5.41, 5.74) is 3.31. The van der Waals surface area contributed by atoms with Gasteiger partial charge in [-0.1, -0.05) is 12.1 Å². The van der Waals surface area contributed by atoms with Crippen LogP contribution < -0.4 is 5.32 Å². The molecule has 1 aliphatic rings. The van der Waals surface area contributed by atoms with Crippen molar-refractivity contribution in [3.8, 4) is 0 Å². The second-order valence-corrected chi connectivity index (χ2v) is 6.82. The summed E-state index contributed by atoms with van der Waals surface area (Å²) < 4.78 is 7.49. The highest BCUT2D eigenvalue weighted by Crippen LogP contribution is 2.25. The van der Waals surface area contributed by atoms with Crippen molar-refractivity contribution in [1.29, 1.82) is 0 Å². The number of fused-ring (bicyclic) bond motifs is 1. The number of nitrogens with zero attached hydrogens (tertiary/aromatic N) is 3. The number of ether oxygens (including phenoxy) is 1. The van der Waals surface area contributed by atoms with Gasteiger partial charge >= 0.3 is 0 Å². The van der Waals surface area contributed by atoms with E-state index in [1.165, 1.54) is 0 Å². The number of aromatic nitrogens is 3. The molecule has 7 heteroatoms. The molecule has 1 fully saturated rings. The number of rotatable bonds is 4. The summed E-state index contributed by atoms with van der Waals surface area (Å²) in [6.45, 7) is 3.18. The molecule has 0 aliphatic carbocycles. The highest BCUT2D eigenvalue weighted by atomic mass is 16.5. The normalized spacial score (nSPS) is 16.4. The number of hydrogen-bond acceptors (Lipinski definition) is 5. The van der Waals surface area contributed by atoms with Crippen molar-refractivity contribution in [2.45, 2.75) is 31.9 Å². The largest absolute Gasteiger partial charge is 0.389 e. The van der Waals surface area contributed by atoms with Crippen LogP contribution in [0.2, 0.25) is 0 Å². The molecule has 0 bridgehead atoms. The average molecular weight is 366 g/mol. The summed E-state index contributed by atoms with van der Waals surface area (Å²) in [5.74, 6) is -0.257. The van der Waals surface area contributed by atoms with E-state index in [9.17, 15) is 9.90 Å². The molecule has 2 aromatic heterocycles. The number of carbonyl (C=O) groups is 1. The Balaban J connectivity index is 1.55. The van der Waals surface area contributed by atoms with Gasteiger partial charge in [-0.25, -0.2) is 9.97 Å². The third-order valence-electron chi connectivity index (χ3n) is 4.89. The van der Waals surface area contributed by atoms with Gasteiger partial charge in [-0.05, 0) is 43.5 Å². The van der Waals surface area contributed by atoms with Gasteiger partial charge in [-0.3, -0.25) is 4.79 Å². The van der Waals surface area contributed by atoms with Crippen LogP contribution in [0.4, 0.5) is 5.69 Å². The highest BCUT2D eigenvalue weighted by Gasteiger charge is 2.19. The zero-order valence-corrected chi connectivity index (χ0v) is 15.1. The number of nitrogens with one attached hydrogen (secondary N) is 1. The lowest BCUT2D eigenvalue weighted by atomic mass is 10.1. The van der Waals surface area contributed by atoms with E-state index in [0.717, 1.165) is 37.3 Å². The number of amides is 1. The zero-order chi connectivity index (χ0) is 18.8. The number of benzene rings is 1. The minimum atomic E-state index is -0.589. The number of pyridine rings is 1. The lowest BCUT2D eigenvalue weighted by Gasteiger charge is -2.23. The average Bonchev–Trinajstić information content (AvgIpc) is 3.12. The number of hydrogen-bond donors (Lipinski definition) is 2. The topological polar surface area (TPSA) is 89.3 Å². The molecule has 1 aliphatic heterocycles. The van der Waals surface area contributed by atoms with Crippen LogP contribution in [0, 0.1) is 0 Å². The maximum atomic E-state index is 12.6. The molecule has 7 nitrogen and oxygen atoms in total. The van der Waals surface area contributed by atoms with Gasteiger partial charge in [-0.2, -0.15) is 0 Å². The van der Waals surface area contributed by atoms with Crippen LogP contribution in [-0.2, 0) is 4.74 Å². The third kappa shape index (κ3) is 3.70. The molecule has 0 saturated carbocycles. The molecule has 0 spiro atoms. The first-order valence-corrected chi connectivity index (χ1v) is 9.11. The number of carbonyl (C=O) groups excluding carboxylic acids is 1. The monoisotopic (exact) mass is 366 g/mol. The maximum Gasteiger partial charge on any atom is 0.257 e. The van der Waals surface area contributed by atoms with E-state index < -0.39 is 6.10 Å². The van der Waals surface area contributed by atoms with Gasteiger partial charge < -0.3 is 19.7 Å². The Morgan fingerprint density at radius 1 is 1.30 bits per heavy atom. The predicted molar refractivity (Wildman–Crippen MR) is 102 cm³/mol. The van der Waals surface area contributed by atoms with Gasteiger partial charge in [0.05, 0.1) is 18.0 Å². The number of anilines is 1. The fourth-order valence-corrected chi connectivity index (χ4v) is 3.35. The molecule has 1 atom stereocenters. The Kier molecular flexibility index (Phi) is 4.87. The Bertz CT molecular complexity index is 961. The van der Waals surface area contributed by atoms with Crippen LogP contribution >= 0.6 is 0 Å². The van der Waals surface area contributed by atoms with Gasteiger partial charge in [0.2, 0.25) is 0 Å². The van der Waals surface area contributed by atoms with E-state index in [-0.39, 0.29) is 5.91 Å². The summed E-state index contributed by atoms with van der Waals surface area (Å²) in [6, 6.07) is 9.25. The van der Waals surface area contributed by atoms with Crippen molar-refractivity contribution in [3.05, 3.63) is 54.0 Å². The van der Waals surface area contributed by atoms with Crippen molar-refractivity contribution in [2.75, 3.05) is 18.5 Å². The lowest BCUT2D eigenvalue weighted by molar-refractivity contribution is 0.0704. The standard InChI is InChI=1S/C20H22N4O3/c1-13(25)14-3-2-4-16(9-14)23-20(26)15-10-18-19(21-11-15)24(12-22-18)17-5-7-27-8-6-17/h2-4,9-13,17,25H,5-8H2,1H3,(H,23,26). The highest BCUT2D eigenvalue weighted by molar-refractivity contribution is 6.05. The Morgan fingerprint density at radius 3 is 2.89 bits per heavy atom. The molecule has 1 aromatic carbocycles. The Hall–Kier alpha value is -2.77. The van der Waals surface area contributed by atoms with E-state index in [4.69, 9.17) is 4.74 Å². The van der Waals surface area contributed by atoms with Gasteiger partial charge in [-0.15, -0.1) is 0 Å². The van der Waals surface area contributed by atoms with Crippen molar-refractivity contribution < 1.29 is 14.6 Å². The molecule has 1 unspecified atom stereocenters. The molecule has 27 heavy (non-hydrogen) atoms. The van der Waals surface area contributed by atoms with E-state index >= 15 is 0 Å². The van der Waals surface area contributed by atoms with E-state index in [1.807, 2.05) is 6.07 Å². The molecule has 0 radical (unpaired) electrons. The van der Waals surface area contributed by atoms with Crippen molar-refractivity contribution in [2.24, 2.45) is 0 Å². The van der Waals surface area contributed by atoms with Crippen LogP contribution in [0.15, 0.2) is 42.9 Å². The van der Waals surface area contributed by atoms with E-state index in [1.54, 1.807) is 43.7 Å². The van der Waals surface area contributed by atoms with Crippen molar-refractivity contribution in [1.82, 2.24) is 14.5 Å². The van der Waals surface area contributed by atoms with Gasteiger partial charge in [0.1, 0.15) is 5.52 Å². The summed E-state index contributed by atoms with van der Waals surface area (Å²) in [5, 5.41) is 12.5. The van der Waals surface area contributed by atoms with Gasteiger partial charge in [0, 0.05) is 31.1 Å². The van der Waals surface area contributed by atoms with Crippen molar-refractivity contribution in [3.63, 3.8) is 0 Å². The number of imidazole rings is 1. The SMILES string of the molecule is CC(O)c1cccc(NC(=O)c2cnc3c(c2)ncn3C2CCOCC2)c1. The second-order valence-electron chi connectivity index (χ2n) is 6.82. The second kappa shape index (κ2) is 7.46. The van der Waals surface area contributed by atoms with E-state index in [2.05, 4.69) is 19.9 Å². The Labute approximate surface area is 157 Å². The summed E-state index contributed by atoms with van der Waals surface area (Å²) in [6.07, 6.45) is 4.66. The summed E-state index contributed by atoms with van der Waals surface area (Å²) >= 11 is 0. The zero-order valence-electron chi connectivity index (χ0n) is 15.1. The molecule has 2 N–H and O–H groups in total. The maximum absolute atomic E-state index is 12.6. The number of aliphatic hydroxyl groups excluding tert-OH is 1. The molecule has 3 aromatic rings. The minimum Gasteiger partial charge on any atom is -0.389 e. The molecule has 3 heterocycles. The molecular formula is C20H22N4O3. The Morgan fingerprint density at radius 2 is 2.11 bits per heavy atom. The van der Waals surface area contributed by atoms with Crippen LogP contribution in [0.3, 0.4) is 0 Å².